The van der Waals surface area contributed by atoms with Gasteiger partial charge in [0.15, 0.2) is 5.96 Å². The Morgan fingerprint density at radius 3 is 2.86 bits per heavy atom. The molecule has 0 atom stereocenters. The Balaban J connectivity index is 0.00000220. The maximum Gasteiger partial charge on any atom is 0.193 e. The van der Waals surface area contributed by atoms with E-state index in [1.54, 1.807) is 0 Å². The molecule has 1 saturated heterocycles. The number of piperidine rings is 1. The first kappa shape index (κ1) is 18.7. The van der Waals surface area contributed by atoms with Gasteiger partial charge >= 0.3 is 0 Å². The molecule has 0 spiro atoms. The van der Waals surface area contributed by atoms with Crippen molar-refractivity contribution in [3.05, 3.63) is 11.6 Å². The average molecular weight is 409 g/mol. The summed E-state index contributed by atoms with van der Waals surface area (Å²) < 4.78 is 5.31. The number of aliphatic hydroxyl groups excluding tert-OH is 1. The van der Waals surface area contributed by atoms with Crippen molar-refractivity contribution in [2.24, 2.45) is 4.99 Å². The third-order valence-corrected chi connectivity index (χ3v) is 3.85. The lowest BCUT2D eigenvalue weighted by Crippen LogP contribution is -2.46. The average Bonchev–Trinajstić information content (AvgIpc) is 2.48. The number of rotatable bonds is 4. The van der Waals surface area contributed by atoms with Crippen LogP contribution in [0.4, 0.5) is 0 Å². The predicted molar refractivity (Wildman–Crippen MR) is 96.3 cm³/mol. The Bertz CT molecular complexity index is 353. The molecule has 0 aromatic heterocycles. The van der Waals surface area contributed by atoms with E-state index in [1.165, 1.54) is 5.57 Å². The van der Waals surface area contributed by atoms with E-state index in [0.717, 1.165) is 71.0 Å². The van der Waals surface area contributed by atoms with Gasteiger partial charge in [-0.15, -0.1) is 24.0 Å². The summed E-state index contributed by atoms with van der Waals surface area (Å²) in [5.41, 5.74) is 1.46. The second-order valence-corrected chi connectivity index (χ2v) is 5.39. The molecule has 5 nitrogen and oxygen atoms in total. The molecule has 2 aliphatic rings. The van der Waals surface area contributed by atoms with Gasteiger partial charge in [-0.1, -0.05) is 11.6 Å². The first-order chi connectivity index (χ1) is 9.79. The number of halogens is 1. The summed E-state index contributed by atoms with van der Waals surface area (Å²) in [6, 6.07) is 0. The molecule has 6 heteroatoms. The van der Waals surface area contributed by atoms with Crippen molar-refractivity contribution >= 4 is 29.9 Å². The van der Waals surface area contributed by atoms with Crippen LogP contribution in [0.15, 0.2) is 16.6 Å². The molecule has 0 aromatic rings. The Kier molecular flexibility index (Phi) is 9.26. The van der Waals surface area contributed by atoms with Crippen molar-refractivity contribution in [2.75, 3.05) is 39.4 Å². The van der Waals surface area contributed by atoms with Gasteiger partial charge in [-0.3, -0.25) is 4.99 Å². The lowest BCUT2D eigenvalue weighted by molar-refractivity contribution is 0.108. The number of aliphatic hydroxyl groups is 1. The molecule has 0 aliphatic carbocycles. The van der Waals surface area contributed by atoms with Crippen LogP contribution in [0.25, 0.3) is 0 Å². The molecule has 0 aromatic carbocycles. The largest absolute Gasteiger partial charge is 0.393 e. The molecule has 21 heavy (non-hydrogen) atoms. The van der Waals surface area contributed by atoms with Gasteiger partial charge in [0.1, 0.15) is 0 Å². The lowest BCUT2D eigenvalue weighted by atomic mass is 10.1. The summed E-state index contributed by atoms with van der Waals surface area (Å²) in [5, 5.41) is 12.9. The molecule has 2 aliphatic heterocycles. The Morgan fingerprint density at radius 1 is 1.48 bits per heavy atom. The van der Waals surface area contributed by atoms with E-state index in [1.807, 2.05) is 0 Å². The molecule has 0 amide bonds. The van der Waals surface area contributed by atoms with Gasteiger partial charge in [-0.05, 0) is 32.6 Å². The molecule has 2 rings (SSSR count). The molecule has 0 radical (unpaired) electrons. The van der Waals surface area contributed by atoms with E-state index in [0.29, 0.717) is 0 Å². The molecule has 2 heterocycles. The van der Waals surface area contributed by atoms with Crippen LogP contribution in [0.2, 0.25) is 0 Å². The summed E-state index contributed by atoms with van der Waals surface area (Å²) in [7, 11) is 0. The van der Waals surface area contributed by atoms with E-state index < -0.39 is 0 Å². The van der Waals surface area contributed by atoms with E-state index in [2.05, 4.69) is 23.2 Å². The number of nitrogens with one attached hydrogen (secondary N) is 1. The van der Waals surface area contributed by atoms with Crippen LogP contribution in [0.1, 0.15) is 32.6 Å². The van der Waals surface area contributed by atoms with Crippen molar-refractivity contribution < 1.29 is 9.84 Å². The third kappa shape index (κ3) is 6.52. The van der Waals surface area contributed by atoms with Crippen molar-refractivity contribution in [2.45, 2.75) is 38.7 Å². The van der Waals surface area contributed by atoms with Crippen LogP contribution in [-0.2, 0) is 4.74 Å². The fourth-order valence-electron chi connectivity index (χ4n) is 2.60. The van der Waals surface area contributed by atoms with E-state index in [9.17, 15) is 5.11 Å². The number of likely N-dealkylation sites (tertiary alicyclic amines) is 1. The molecule has 122 valence electrons. The standard InChI is InChI=1S/C15H27N3O2.HI/c1-2-16-15(18-9-4-14(19)5-10-18)17-8-3-13-6-11-20-12-7-13;/h6,14,19H,2-5,7-12H2,1H3,(H,16,17);1H. The zero-order valence-corrected chi connectivity index (χ0v) is 15.2. The highest BCUT2D eigenvalue weighted by Gasteiger charge is 2.19. The smallest absolute Gasteiger partial charge is 0.193 e. The minimum absolute atomic E-state index is 0. The highest BCUT2D eigenvalue weighted by Crippen LogP contribution is 2.13. The van der Waals surface area contributed by atoms with Gasteiger partial charge < -0.3 is 20.1 Å². The number of nitrogens with zero attached hydrogens (tertiary/aromatic N) is 2. The highest BCUT2D eigenvalue weighted by molar-refractivity contribution is 14.0. The monoisotopic (exact) mass is 409 g/mol. The van der Waals surface area contributed by atoms with Crippen LogP contribution in [0, 0.1) is 0 Å². The van der Waals surface area contributed by atoms with Crippen molar-refractivity contribution in [1.82, 2.24) is 10.2 Å². The fraction of sp³-hybridized carbons (Fsp3) is 0.800. The maximum atomic E-state index is 9.58. The fourth-order valence-corrected chi connectivity index (χ4v) is 2.60. The van der Waals surface area contributed by atoms with Crippen molar-refractivity contribution in [1.29, 1.82) is 0 Å². The highest BCUT2D eigenvalue weighted by atomic mass is 127. The van der Waals surface area contributed by atoms with Crippen LogP contribution in [-0.4, -0.2) is 61.5 Å². The van der Waals surface area contributed by atoms with Gasteiger partial charge in [-0.25, -0.2) is 0 Å². The number of guanidine groups is 1. The number of hydrogen-bond acceptors (Lipinski definition) is 3. The predicted octanol–water partition coefficient (Wildman–Crippen LogP) is 1.76. The van der Waals surface area contributed by atoms with E-state index in [-0.39, 0.29) is 30.1 Å². The molecule has 0 saturated carbocycles. The van der Waals surface area contributed by atoms with Gasteiger partial charge in [0.25, 0.3) is 0 Å². The summed E-state index contributed by atoms with van der Waals surface area (Å²) in [6.07, 6.45) is 5.79. The van der Waals surface area contributed by atoms with Crippen LogP contribution >= 0.6 is 24.0 Å². The zero-order valence-electron chi connectivity index (χ0n) is 12.9. The van der Waals surface area contributed by atoms with Gasteiger partial charge in [0.05, 0.1) is 19.3 Å². The van der Waals surface area contributed by atoms with E-state index >= 15 is 0 Å². The number of aliphatic imine (C=N–C) groups is 1. The third-order valence-electron chi connectivity index (χ3n) is 3.85. The van der Waals surface area contributed by atoms with Gasteiger partial charge in [0.2, 0.25) is 0 Å². The minimum Gasteiger partial charge on any atom is -0.393 e. The van der Waals surface area contributed by atoms with Crippen LogP contribution in [0.5, 0.6) is 0 Å². The first-order valence-electron chi connectivity index (χ1n) is 7.76. The quantitative estimate of drug-likeness (QED) is 0.322. The molecule has 2 N–H and O–H groups in total. The molecule has 0 unspecified atom stereocenters. The molecule has 0 bridgehead atoms. The molecular formula is C15H28IN3O2. The van der Waals surface area contributed by atoms with Crippen LogP contribution < -0.4 is 5.32 Å². The van der Waals surface area contributed by atoms with Gasteiger partial charge in [0, 0.05) is 26.2 Å². The Labute approximate surface area is 144 Å². The number of hydrogen-bond donors (Lipinski definition) is 2. The van der Waals surface area contributed by atoms with Crippen molar-refractivity contribution in [3.8, 4) is 0 Å². The minimum atomic E-state index is -0.137. The summed E-state index contributed by atoms with van der Waals surface area (Å²) in [4.78, 5) is 6.98. The Morgan fingerprint density at radius 2 is 2.24 bits per heavy atom. The first-order valence-corrected chi connectivity index (χ1v) is 7.76. The van der Waals surface area contributed by atoms with E-state index in [4.69, 9.17) is 9.73 Å². The normalized spacial score (nSPS) is 20.8. The zero-order chi connectivity index (χ0) is 14.2. The SMILES string of the molecule is CCNC(=NCCC1=CCOCC1)N1CCC(O)CC1.I. The van der Waals surface area contributed by atoms with Gasteiger partial charge in [-0.2, -0.15) is 0 Å². The van der Waals surface area contributed by atoms with Crippen LogP contribution in [0.3, 0.4) is 0 Å². The number of ether oxygens (including phenoxy) is 1. The topological polar surface area (TPSA) is 57.1 Å². The van der Waals surface area contributed by atoms with Crippen molar-refractivity contribution in [3.63, 3.8) is 0 Å². The summed E-state index contributed by atoms with van der Waals surface area (Å²) in [5.74, 6) is 0.993. The molecular weight excluding hydrogens is 381 g/mol. The summed E-state index contributed by atoms with van der Waals surface area (Å²) in [6.45, 7) is 7.19. The second-order valence-electron chi connectivity index (χ2n) is 5.39. The second kappa shape index (κ2) is 10.4. The summed E-state index contributed by atoms with van der Waals surface area (Å²) >= 11 is 0. The Hall–Kier alpha value is -0.340. The maximum absolute atomic E-state index is 9.58. The lowest BCUT2D eigenvalue weighted by Gasteiger charge is -2.32. The molecule has 1 fully saturated rings.